The largest absolute Gasteiger partial charge is 0.288 e. The van der Waals surface area contributed by atoms with Crippen molar-refractivity contribution in [2.24, 2.45) is 5.92 Å². The number of carbonyl (C=O) groups is 1. The number of nitrogens with zero attached hydrogens (tertiary/aromatic N) is 6. The second-order valence-electron chi connectivity index (χ2n) is 6.39. The summed E-state index contributed by atoms with van der Waals surface area (Å²) in [4.78, 5) is 21.0. The minimum atomic E-state index is -0.379. The first kappa shape index (κ1) is 19.3. The number of carbonyl (C=O) groups excluding carboxylic acids is 1. The van der Waals surface area contributed by atoms with E-state index in [1.807, 2.05) is 50.2 Å². The molecule has 0 saturated carbocycles. The molecule has 8 nitrogen and oxygen atoms in total. The van der Waals surface area contributed by atoms with E-state index in [4.69, 9.17) is 16.9 Å². The van der Waals surface area contributed by atoms with Crippen LogP contribution in [-0.4, -0.2) is 32.2 Å². The lowest BCUT2D eigenvalue weighted by Crippen LogP contribution is -2.45. The Balaban J connectivity index is 1.92. The van der Waals surface area contributed by atoms with Gasteiger partial charge in [0.05, 0.1) is 18.1 Å². The van der Waals surface area contributed by atoms with Crippen molar-refractivity contribution in [1.82, 2.24) is 25.2 Å². The molecule has 0 aliphatic carbocycles. The molecule has 0 bridgehead atoms. The maximum atomic E-state index is 13.0. The van der Waals surface area contributed by atoms with E-state index in [2.05, 4.69) is 20.5 Å². The number of nitriles is 1. The standard InChI is InChI=1S/C19H18ClN7O/c1-13(2)12-26(18-15(20)11-22-17(10-21)24-18)25-19(28)16-8-9-23-27(16)14-6-4-3-5-7-14/h3-9,11,13H,12H2,1-2H3,(H,25,28). The first-order chi connectivity index (χ1) is 13.5. The zero-order valence-corrected chi connectivity index (χ0v) is 16.1. The summed E-state index contributed by atoms with van der Waals surface area (Å²) >= 11 is 6.22. The van der Waals surface area contributed by atoms with Gasteiger partial charge in [0.25, 0.3) is 5.91 Å². The number of hydrazine groups is 1. The van der Waals surface area contributed by atoms with E-state index >= 15 is 0 Å². The van der Waals surface area contributed by atoms with Gasteiger partial charge in [0.15, 0.2) is 5.82 Å². The SMILES string of the molecule is CC(C)CN(NC(=O)c1ccnn1-c1ccccc1)c1nc(C#N)ncc1Cl. The molecule has 0 saturated heterocycles. The smallest absolute Gasteiger partial charge is 0.266 e. The molecule has 28 heavy (non-hydrogen) atoms. The van der Waals surface area contributed by atoms with Crippen molar-refractivity contribution < 1.29 is 4.79 Å². The molecule has 3 rings (SSSR count). The number of anilines is 1. The van der Waals surface area contributed by atoms with Gasteiger partial charge in [-0.1, -0.05) is 43.6 Å². The third-order valence-electron chi connectivity index (χ3n) is 3.74. The third kappa shape index (κ3) is 4.27. The Hall–Kier alpha value is -3.44. The number of halogens is 1. The molecule has 142 valence electrons. The maximum absolute atomic E-state index is 13.0. The summed E-state index contributed by atoms with van der Waals surface area (Å²) in [6.07, 6.45) is 2.90. The van der Waals surface area contributed by atoms with Crippen LogP contribution in [0, 0.1) is 17.2 Å². The highest BCUT2D eigenvalue weighted by molar-refractivity contribution is 6.32. The quantitative estimate of drug-likeness (QED) is 0.644. The van der Waals surface area contributed by atoms with Gasteiger partial charge in [-0.25, -0.2) is 9.67 Å². The predicted molar refractivity (Wildman–Crippen MR) is 105 cm³/mol. The van der Waals surface area contributed by atoms with Crippen LogP contribution < -0.4 is 10.4 Å². The minimum absolute atomic E-state index is 0.0308. The van der Waals surface area contributed by atoms with Crippen LogP contribution in [0.3, 0.4) is 0 Å². The fourth-order valence-corrected chi connectivity index (χ4v) is 2.77. The van der Waals surface area contributed by atoms with Gasteiger partial charge < -0.3 is 0 Å². The molecule has 0 aliphatic heterocycles. The first-order valence-electron chi connectivity index (χ1n) is 8.60. The Morgan fingerprint density at radius 1 is 1.32 bits per heavy atom. The summed E-state index contributed by atoms with van der Waals surface area (Å²) in [5.74, 6) is 0.0452. The summed E-state index contributed by atoms with van der Waals surface area (Å²) in [5.41, 5.74) is 3.94. The number of aromatic nitrogens is 4. The van der Waals surface area contributed by atoms with Crippen molar-refractivity contribution in [1.29, 1.82) is 5.26 Å². The van der Waals surface area contributed by atoms with Gasteiger partial charge >= 0.3 is 0 Å². The van der Waals surface area contributed by atoms with Crippen LogP contribution in [0.2, 0.25) is 5.02 Å². The van der Waals surface area contributed by atoms with Crippen LogP contribution >= 0.6 is 11.6 Å². The van der Waals surface area contributed by atoms with Gasteiger partial charge in [-0.3, -0.25) is 15.2 Å². The number of benzene rings is 1. The summed E-state index contributed by atoms with van der Waals surface area (Å²) < 4.78 is 1.55. The van der Waals surface area contributed by atoms with E-state index in [0.717, 1.165) is 5.69 Å². The lowest BCUT2D eigenvalue weighted by molar-refractivity contribution is 0.0939. The summed E-state index contributed by atoms with van der Waals surface area (Å²) in [5, 5.41) is 15.1. The van der Waals surface area contributed by atoms with Gasteiger partial charge in [0.1, 0.15) is 16.8 Å². The highest BCUT2D eigenvalue weighted by atomic mass is 35.5. The van der Waals surface area contributed by atoms with Crippen LogP contribution in [0.15, 0.2) is 48.8 Å². The zero-order chi connectivity index (χ0) is 20.1. The van der Waals surface area contributed by atoms with Crippen LogP contribution in [0.5, 0.6) is 0 Å². The Morgan fingerprint density at radius 2 is 2.07 bits per heavy atom. The number of para-hydroxylation sites is 1. The number of amides is 1. The van der Waals surface area contributed by atoms with Crippen LogP contribution in [0.1, 0.15) is 30.2 Å². The van der Waals surface area contributed by atoms with Gasteiger partial charge in [-0.15, -0.1) is 0 Å². The molecular weight excluding hydrogens is 378 g/mol. The lowest BCUT2D eigenvalue weighted by atomic mass is 10.2. The number of rotatable bonds is 6. The molecule has 0 fully saturated rings. The lowest BCUT2D eigenvalue weighted by Gasteiger charge is -2.26. The monoisotopic (exact) mass is 395 g/mol. The van der Waals surface area contributed by atoms with E-state index in [1.165, 1.54) is 11.2 Å². The Kier molecular flexibility index (Phi) is 5.87. The van der Waals surface area contributed by atoms with Gasteiger partial charge in [0.2, 0.25) is 5.82 Å². The van der Waals surface area contributed by atoms with Crippen molar-refractivity contribution in [2.75, 3.05) is 11.6 Å². The molecule has 2 heterocycles. The fraction of sp³-hybridized carbons (Fsp3) is 0.211. The zero-order valence-electron chi connectivity index (χ0n) is 15.4. The Bertz CT molecular complexity index is 1010. The molecule has 1 amide bonds. The molecule has 0 unspecified atom stereocenters. The second kappa shape index (κ2) is 8.50. The third-order valence-corrected chi connectivity index (χ3v) is 4.01. The molecule has 3 aromatic rings. The van der Waals surface area contributed by atoms with Gasteiger partial charge in [-0.2, -0.15) is 15.3 Å². The number of nitrogens with one attached hydrogen (secondary N) is 1. The average Bonchev–Trinajstić information content (AvgIpc) is 3.18. The van der Waals surface area contributed by atoms with Crippen molar-refractivity contribution in [3.63, 3.8) is 0 Å². The van der Waals surface area contributed by atoms with E-state index in [9.17, 15) is 4.79 Å². The maximum Gasteiger partial charge on any atom is 0.288 e. The van der Waals surface area contributed by atoms with E-state index < -0.39 is 0 Å². The Labute approximate surface area is 167 Å². The van der Waals surface area contributed by atoms with Crippen LogP contribution in [0.25, 0.3) is 5.69 Å². The van der Waals surface area contributed by atoms with E-state index in [1.54, 1.807) is 16.9 Å². The highest BCUT2D eigenvalue weighted by Crippen LogP contribution is 2.22. The van der Waals surface area contributed by atoms with Crippen molar-refractivity contribution in [3.8, 4) is 11.8 Å². The first-order valence-corrected chi connectivity index (χ1v) is 8.98. The molecule has 0 spiro atoms. The molecule has 0 radical (unpaired) electrons. The topological polar surface area (TPSA) is 99.7 Å². The molecule has 0 aliphatic rings. The normalized spacial score (nSPS) is 10.5. The van der Waals surface area contributed by atoms with Gasteiger partial charge in [-0.05, 0) is 24.1 Å². The molecule has 2 aromatic heterocycles. The molecule has 9 heteroatoms. The minimum Gasteiger partial charge on any atom is -0.266 e. The van der Waals surface area contributed by atoms with Gasteiger partial charge in [0, 0.05) is 6.54 Å². The molecule has 0 atom stereocenters. The summed E-state index contributed by atoms with van der Waals surface area (Å²) in [6.45, 7) is 4.42. The fourth-order valence-electron chi connectivity index (χ4n) is 2.58. The average molecular weight is 396 g/mol. The molecular formula is C19H18ClN7O. The second-order valence-corrected chi connectivity index (χ2v) is 6.79. The number of hydrogen-bond acceptors (Lipinski definition) is 6. The molecule has 1 aromatic carbocycles. The van der Waals surface area contributed by atoms with E-state index in [0.29, 0.717) is 12.2 Å². The predicted octanol–water partition coefficient (Wildman–Crippen LogP) is 2.99. The van der Waals surface area contributed by atoms with Crippen LogP contribution in [0.4, 0.5) is 5.82 Å². The summed E-state index contributed by atoms with van der Waals surface area (Å²) in [7, 11) is 0. The van der Waals surface area contributed by atoms with Crippen molar-refractivity contribution in [2.45, 2.75) is 13.8 Å². The summed E-state index contributed by atoms with van der Waals surface area (Å²) in [6, 6.07) is 12.8. The highest BCUT2D eigenvalue weighted by Gasteiger charge is 2.21. The molecule has 1 N–H and O–H groups in total. The Morgan fingerprint density at radius 3 is 2.75 bits per heavy atom. The number of hydrogen-bond donors (Lipinski definition) is 1. The van der Waals surface area contributed by atoms with Crippen molar-refractivity contribution in [3.05, 3.63) is 65.3 Å². The van der Waals surface area contributed by atoms with Crippen molar-refractivity contribution >= 4 is 23.3 Å². The van der Waals surface area contributed by atoms with E-state index in [-0.39, 0.29) is 28.5 Å². The van der Waals surface area contributed by atoms with Crippen LogP contribution in [-0.2, 0) is 0 Å².